The van der Waals surface area contributed by atoms with Gasteiger partial charge in [-0.05, 0) is 66.9 Å². The van der Waals surface area contributed by atoms with Crippen molar-refractivity contribution in [3.05, 3.63) is 108 Å². The second-order valence-corrected chi connectivity index (χ2v) is 11.2. The fourth-order valence-corrected chi connectivity index (χ4v) is 5.31. The Morgan fingerprint density at radius 3 is 2.37 bits per heavy atom. The zero-order chi connectivity index (χ0) is 30.5. The van der Waals surface area contributed by atoms with Crippen molar-refractivity contribution < 1.29 is 19.1 Å². The quantitative estimate of drug-likeness (QED) is 0.136. The number of halogens is 1. The predicted molar refractivity (Wildman–Crippen MR) is 166 cm³/mol. The van der Waals surface area contributed by atoms with Gasteiger partial charge in [0.1, 0.15) is 18.0 Å². The van der Waals surface area contributed by atoms with Gasteiger partial charge in [0.25, 0.3) is 5.91 Å². The first-order valence-electron chi connectivity index (χ1n) is 13.5. The van der Waals surface area contributed by atoms with Gasteiger partial charge in [0.15, 0.2) is 5.65 Å². The highest BCUT2D eigenvalue weighted by Gasteiger charge is 2.18. The van der Waals surface area contributed by atoms with Crippen molar-refractivity contribution >= 4 is 52.0 Å². The minimum Gasteiger partial charge on any atom is -0.465 e. The lowest BCUT2D eigenvalue weighted by molar-refractivity contribution is 0.0939. The largest absolute Gasteiger partial charge is 0.465 e. The maximum Gasteiger partial charge on any atom is 0.409 e. The van der Waals surface area contributed by atoms with Gasteiger partial charge in [0.05, 0.1) is 22.8 Å². The molecule has 0 aliphatic carbocycles. The predicted octanol–water partition coefficient (Wildman–Crippen LogP) is 7.76. The summed E-state index contributed by atoms with van der Waals surface area (Å²) in [7, 11) is 0. The van der Waals surface area contributed by atoms with Crippen LogP contribution in [-0.4, -0.2) is 32.1 Å². The highest BCUT2D eigenvalue weighted by molar-refractivity contribution is 7.99. The highest BCUT2D eigenvalue weighted by atomic mass is 32.2. The monoisotopic (exact) mass is 596 g/mol. The maximum atomic E-state index is 15.0. The number of rotatable bonds is 9. The number of amides is 2. The van der Waals surface area contributed by atoms with Gasteiger partial charge in [-0.2, -0.15) is 0 Å². The van der Waals surface area contributed by atoms with Crippen molar-refractivity contribution in [3.8, 4) is 0 Å². The average molecular weight is 597 g/mol. The molecule has 5 rings (SSSR count). The number of pyridine rings is 1. The highest BCUT2D eigenvalue weighted by Crippen LogP contribution is 2.37. The summed E-state index contributed by atoms with van der Waals surface area (Å²) in [5.74, 6) is -0.496. The second kappa shape index (κ2) is 12.9. The first-order valence-corrected chi connectivity index (χ1v) is 14.4. The summed E-state index contributed by atoms with van der Waals surface area (Å²) < 4.78 is 15.0. The van der Waals surface area contributed by atoms with Gasteiger partial charge >= 0.3 is 6.09 Å². The molecule has 0 saturated heterocycles. The molecule has 5 aromatic rings. The summed E-state index contributed by atoms with van der Waals surface area (Å²) in [5.41, 5.74) is 3.07. The van der Waals surface area contributed by atoms with Gasteiger partial charge in [0, 0.05) is 21.0 Å². The average Bonchev–Trinajstić information content (AvgIpc) is 2.99. The Morgan fingerprint density at radius 1 is 0.930 bits per heavy atom. The Labute approximate surface area is 252 Å². The van der Waals surface area contributed by atoms with Crippen LogP contribution in [0.4, 0.5) is 26.4 Å². The molecule has 11 heteroatoms. The van der Waals surface area contributed by atoms with Crippen LogP contribution in [-0.2, 0) is 0 Å². The standard InChI is InChI=1S/C32H29FN6O3S/c1-18(2)28-25(33)16-24-29(34-17-35-30(24)39-28)38-26-15-21(31(40)36-19(3)20-7-5-4-6-8-20)9-14-27(26)43-23-12-10-22(11-13-23)37-32(41)42/h4-19,37H,1-3H3,(H,36,40)(H,41,42)(H,34,35,38,39). The number of anilines is 3. The van der Waals surface area contributed by atoms with E-state index in [1.54, 1.807) is 36.4 Å². The van der Waals surface area contributed by atoms with Crippen LogP contribution in [0.3, 0.4) is 0 Å². The minimum atomic E-state index is -1.15. The number of carbonyl (C=O) groups excluding carboxylic acids is 1. The van der Waals surface area contributed by atoms with Crippen LogP contribution >= 0.6 is 11.8 Å². The topological polar surface area (TPSA) is 129 Å². The number of carboxylic acid groups (broad SMARTS) is 1. The fourth-order valence-electron chi connectivity index (χ4n) is 4.43. The van der Waals surface area contributed by atoms with Crippen LogP contribution in [0, 0.1) is 5.82 Å². The Hall–Kier alpha value is -5.03. The molecule has 43 heavy (non-hydrogen) atoms. The van der Waals surface area contributed by atoms with E-state index in [2.05, 4.69) is 30.9 Å². The fraction of sp³-hybridized carbons (Fsp3) is 0.156. The molecule has 0 aliphatic heterocycles. The summed E-state index contributed by atoms with van der Waals surface area (Å²) in [4.78, 5) is 38.9. The second-order valence-electron chi connectivity index (χ2n) is 10.1. The summed E-state index contributed by atoms with van der Waals surface area (Å²) in [6.45, 7) is 5.64. The third-order valence-electron chi connectivity index (χ3n) is 6.63. The Bertz CT molecular complexity index is 1780. The van der Waals surface area contributed by atoms with Crippen molar-refractivity contribution in [1.82, 2.24) is 20.3 Å². The third-order valence-corrected chi connectivity index (χ3v) is 7.71. The first kappa shape index (κ1) is 29.5. The molecular weight excluding hydrogens is 567 g/mol. The van der Waals surface area contributed by atoms with E-state index < -0.39 is 11.9 Å². The summed E-state index contributed by atoms with van der Waals surface area (Å²) in [6.07, 6.45) is 0.213. The van der Waals surface area contributed by atoms with Crippen molar-refractivity contribution in [3.63, 3.8) is 0 Å². The lowest BCUT2D eigenvalue weighted by atomic mass is 10.1. The Kier molecular flexibility index (Phi) is 8.82. The van der Waals surface area contributed by atoms with Gasteiger partial charge in [-0.25, -0.2) is 24.1 Å². The van der Waals surface area contributed by atoms with E-state index >= 15 is 0 Å². The van der Waals surface area contributed by atoms with E-state index in [0.717, 1.165) is 15.4 Å². The first-order chi connectivity index (χ1) is 20.7. The lowest BCUT2D eigenvalue weighted by Gasteiger charge is -2.17. The van der Waals surface area contributed by atoms with Gasteiger partial charge in [-0.3, -0.25) is 10.1 Å². The summed E-state index contributed by atoms with van der Waals surface area (Å²) in [6, 6.07) is 23.0. The molecule has 218 valence electrons. The molecule has 9 nitrogen and oxygen atoms in total. The van der Waals surface area contributed by atoms with E-state index in [0.29, 0.717) is 39.5 Å². The van der Waals surface area contributed by atoms with Crippen LogP contribution in [0.15, 0.2) is 95.0 Å². The number of fused-ring (bicyclic) bond motifs is 1. The molecular formula is C32H29FN6O3S. The van der Waals surface area contributed by atoms with E-state index in [4.69, 9.17) is 5.11 Å². The van der Waals surface area contributed by atoms with Crippen LogP contribution in [0.25, 0.3) is 11.0 Å². The van der Waals surface area contributed by atoms with E-state index in [-0.39, 0.29) is 17.9 Å². The maximum absolute atomic E-state index is 15.0. The van der Waals surface area contributed by atoms with E-state index in [1.165, 1.54) is 24.2 Å². The number of hydrogen-bond donors (Lipinski definition) is 4. The summed E-state index contributed by atoms with van der Waals surface area (Å²) in [5, 5.41) is 18.0. The molecule has 0 aliphatic rings. The molecule has 2 heterocycles. The molecule has 0 radical (unpaired) electrons. The zero-order valence-electron chi connectivity index (χ0n) is 23.6. The molecule has 0 bridgehead atoms. The normalized spacial score (nSPS) is 11.7. The number of benzene rings is 3. The number of hydrogen-bond acceptors (Lipinski definition) is 7. The lowest BCUT2D eigenvalue weighted by Crippen LogP contribution is -2.26. The van der Waals surface area contributed by atoms with Crippen molar-refractivity contribution in [2.45, 2.75) is 42.5 Å². The van der Waals surface area contributed by atoms with Gasteiger partial charge < -0.3 is 15.7 Å². The van der Waals surface area contributed by atoms with Crippen LogP contribution in [0.1, 0.15) is 54.3 Å². The molecule has 0 spiro atoms. The molecule has 1 unspecified atom stereocenters. The smallest absolute Gasteiger partial charge is 0.409 e. The van der Waals surface area contributed by atoms with Gasteiger partial charge in [0.2, 0.25) is 0 Å². The number of nitrogens with zero attached hydrogens (tertiary/aromatic N) is 3. The number of nitrogens with one attached hydrogen (secondary N) is 3. The minimum absolute atomic E-state index is 0.121. The van der Waals surface area contributed by atoms with E-state index in [1.807, 2.05) is 57.2 Å². The van der Waals surface area contributed by atoms with E-state index in [9.17, 15) is 14.0 Å². The Balaban J connectivity index is 1.50. The van der Waals surface area contributed by atoms with Crippen molar-refractivity contribution in [1.29, 1.82) is 0 Å². The number of carbonyl (C=O) groups is 2. The molecule has 2 aromatic heterocycles. The van der Waals surface area contributed by atoms with Crippen LogP contribution < -0.4 is 16.0 Å². The van der Waals surface area contributed by atoms with Crippen molar-refractivity contribution in [2.75, 3.05) is 10.6 Å². The Morgan fingerprint density at radius 2 is 1.67 bits per heavy atom. The number of aromatic nitrogens is 3. The third kappa shape index (κ3) is 7.07. The summed E-state index contributed by atoms with van der Waals surface area (Å²) >= 11 is 1.40. The molecule has 2 amide bonds. The van der Waals surface area contributed by atoms with Crippen LogP contribution in [0.2, 0.25) is 0 Å². The molecule has 3 aromatic carbocycles. The molecule has 0 fully saturated rings. The zero-order valence-corrected chi connectivity index (χ0v) is 24.4. The van der Waals surface area contributed by atoms with Gasteiger partial charge in [-0.1, -0.05) is 55.9 Å². The SMILES string of the molecule is CC(C)c1nc2ncnc(Nc3cc(C(=O)NC(C)c4ccccc4)ccc3Sc3ccc(NC(=O)O)cc3)c2cc1F. The van der Waals surface area contributed by atoms with Crippen molar-refractivity contribution in [2.24, 2.45) is 0 Å². The molecule has 0 saturated carbocycles. The molecule has 1 atom stereocenters. The van der Waals surface area contributed by atoms with Gasteiger partial charge in [-0.15, -0.1) is 0 Å². The molecule has 4 N–H and O–H groups in total. The van der Waals surface area contributed by atoms with Crippen LogP contribution in [0.5, 0.6) is 0 Å².